The van der Waals surface area contributed by atoms with Gasteiger partial charge >= 0.3 is 0 Å². The first-order valence-corrected chi connectivity index (χ1v) is 7.12. The molecule has 2 rings (SSSR count). The van der Waals surface area contributed by atoms with Crippen molar-refractivity contribution in [1.29, 1.82) is 0 Å². The van der Waals surface area contributed by atoms with E-state index in [0.29, 0.717) is 5.69 Å². The van der Waals surface area contributed by atoms with Crippen molar-refractivity contribution in [3.63, 3.8) is 0 Å². The van der Waals surface area contributed by atoms with Crippen LogP contribution in [0, 0.1) is 13.8 Å². The molecule has 8 heteroatoms. The van der Waals surface area contributed by atoms with E-state index in [0.717, 1.165) is 11.4 Å². The second-order valence-electron chi connectivity index (χ2n) is 4.91. The summed E-state index contributed by atoms with van der Waals surface area (Å²) in [5, 5.41) is 14.5. The molecule has 0 unspecified atom stereocenters. The Hall–Kier alpha value is -1.66. The molecule has 21 heavy (non-hydrogen) atoms. The van der Waals surface area contributed by atoms with Crippen molar-refractivity contribution in [2.75, 3.05) is 5.32 Å². The molecule has 0 saturated carbocycles. The monoisotopic (exact) mass is 327 g/mol. The van der Waals surface area contributed by atoms with E-state index in [4.69, 9.17) is 23.2 Å². The number of aryl methyl sites for hydroxylation is 1. The van der Waals surface area contributed by atoms with Gasteiger partial charge in [0, 0.05) is 6.04 Å². The molecule has 0 aliphatic carbocycles. The third-order valence-corrected chi connectivity index (χ3v) is 3.48. The van der Waals surface area contributed by atoms with Crippen LogP contribution in [0.2, 0.25) is 10.3 Å². The van der Waals surface area contributed by atoms with Crippen LogP contribution in [-0.4, -0.2) is 25.9 Å². The molecule has 0 fully saturated rings. The highest BCUT2D eigenvalue weighted by Crippen LogP contribution is 2.24. The molecule has 0 radical (unpaired) electrons. The largest absolute Gasteiger partial charge is 0.319 e. The molecule has 112 valence electrons. The van der Waals surface area contributed by atoms with Crippen LogP contribution in [0.3, 0.4) is 0 Å². The number of aromatic nitrogens is 4. The number of carbonyl (C=O) groups excluding carboxylic acids is 1. The number of hydrogen-bond donors (Lipinski definition) is 1. The predicted octanol–water partition coefficient (Wildman–Crippen LogP) is 3.43. The summed E-state index contributed by atoms with van der Waals surface area (Å²) in [6.07, 6.45) is 0. The lowest BCUT2D eigenvalue weighted by Crippen LogP contribution is -2.15. The molecule has 0 aliphatic heterocycles. The maximum Gasteiger partial charge on any atom is 0.259 e. The van der Waals surface area contributed by atoms with Gasteiger partial charge in [0.15, 0.2) is 10.3 Å². The van der Waals surface area contributed by atoms with E-state index < -0.39 is 5.91 Å². The topological polar surface area (TPSA) is 72.7 Å². The molecule has 0 atom stereocenters. The van der Waals surface area contributed by atoms with Gasteiger partial charge in [0.25, 0.3) is 5.91 Å². The number of carbonyl (C=O) groups is 1. The van der Waals surface area contributed by atoms with Crippen LogP contribution in [0.15, 0.2) is 6.07 Å². The van der Waals surface area contributed by atoms with E-state index in [9.17, 15) is 4.79 Å². The van der Waals surface area contributed by atoms with Crippen molar-refractivity contribution in [2.24, 2.45) is 0 Å². The molecule has 1 N–H and O–H groups in total. The zero-order chi connectivity index (χ0) is 15.7. The Morgan fingerprint density at radius 2 is 1.95 bits per heavy atom. The number of nitrogens with zero attached hydrogens (tertiary/aromatic N) is 4. The van der Waals surface area contributed by atoms with Crippen LogP contribution in [0.5, 0.6) is 0 Å². The number of hydrogen-bond acceptors (Lipinski definition) is 4. The fraction of sp³-hybridized carbons (Fsp3) is 0.385. The Morgan fingerprint density at radius 3 is 2.52 bits per heavy atom. The molecule has 2 heterocycles. The van der Waals surface area contributed by atoms with E-state index in [1.165, 1.54) is 6.07 Å². The Balaban J connectivity index is 2.34. The number of halogens is 2. The van der Waals surface area contributed by atoms with Crippen molar-refractivity contribution in [1.82, 2.24) is 20.0 Å². The van der Waals surface area contributed by atoms with Gasteiger partial charge in [-0.1, -0.05) is 23.2 Å². The minimum Gasteiger partial charge on any atom is -0.319 e. The lowest BCUT2D eigenvalue weighted by Gasteiger charge is -2.09. The molecule has 0 aromatic carbocycles. The fourth-order valence-corrected chi connectivity index (χ4v) is 2.36. The van der Waals surface area contributed by atoms with Crippen LogP contribution in [-0.2, 0) is 0 Å². The second kappa shape index (κ2) is 5.99. The van der Waals surface area contributed by atoms with E-state index in [2.05, 4.69) is 20.6 Å². The van der Waals surface area contributed by atoms with Crippen molar-refractivity contribution in [2.45, 2.75) is 33.7 Å². The average molecular weight is 328 g/mol. The summed E-state index contributed by atoms with van der Waals surface area (Å²) in [6, 6.07) is 1.58. The first kappa shape index (κ1) is 15.7. The van der Waals surface area contributed by atoms with E-state index in [1.54, 1.807) is 0 Å². The smallest absolute Gasteiger partial charge is 0.259 e. The molecule has 6 nitrogen and oxygen atoms in total. The summed E-state index contributed by atoms with van der Waals surface area (Å²) >= 11 is 11.6. The van der Waals surface area contributed by atoms with Crippen LogP contribution in [0.25, 0.3) is 0 Å². The quantitative estimate of drug-likeness (QED) is 0.937. The van der Waals surface area contributed by atoms with Crippen molar-refractivity contribution < 1.29 is 4.79 Å². The number of rotatable bonds is 3. The summed E-state index contributed by atoms with van der Waals surface area (Å²) in [5.74, 6) is -0.397. The zero-order valence-corrected chi connectivity index (χ0v) is 13.6. The van der Waals surface area contributed by atoms with Gasteiger partial charge in [-0.3, -0.25) is 9.48 Å². The van der Waals surface area contributed by atoms with Gasteiger partial charge in [-0.25, -0.2) is 0 Å². The Morgan fingerprint density at radius 1 is 1.29 bits per heavy atom. The number of anilines is 1. The van der Waals surface area contributed by atoms with Gasteiger partial charge in [0.05, 0.1) is 22.6 Å². The Kier molecular flexibility index (Phi) is 4.49. The van der Waals surface area contributed by atoms with Gasteiger partial charge in [-0.15, -0.1) is 10.2 Å². The highest BCUT2D eigenvalue weighted by atomic mass is 35.5. The first-order valence-electron chi connectivity index (χ1n) is 6.37. The molecular formula is C13H15Cl2N5O. The maximum absolute atomic E-state index is 12.3. The average Bonchev–Trinajstić information content (AvgIpc) is 2.69. The SMILES string of the molecule is Cc1nn(C(C)C)c(C)c1NC(=O)c1cc(Cl)nnc1Cl. The van der Waals surface area contributed by atoms with Crippen molar-refractivity contribution in [3.8, 4) is 0 Å². The third-order valence-electron chi connectivity index (χ3n) is 3.02. The maximum atomic E-state index is 12.3. The minimum absolute atomic E-state index is 0.00320. The summed E-state index contributed by atoms with van der Waals surface area (Å²) in [5.41, 5.74) is 2.45. The Labute approximate surface area is 132 Å². The van der Waals surface area contributed by atoms with Gasteiger partial charge in [-0.05, 0) is 33.8 Å². The standard InChI is InChI=1S/C13H15Cl2N5O/c1-6(2)20-8(4)11(7(3)19-20)16-13(21)9-5-10(14)17-18-12(9)15/h5-6H,1-4H3,(H,16,21). The second-order valence-corrected chi connectivity index (χ2v) is 5.66. The van der Waals surface area contributed by atoms with E-state index >= 15 is 0 Å². The summed E-state index contributed by atoms with van der Waals surface area (Å²) in [7, 11) is 0. The summed E-state index contributed by atoms with van der Waals surface area (Å²) < 4.78 is 1.85. The van der Waals surface area contributed by atoms with Crippen LogP contribution < -0.4 is 5.32 Å². The summed E-state index contributed by atoms with van der Waals surface area (Å²) in [6.45, 7) is 7.78. The molecule has 0 aliphatic rings. The number of amides is 1. The van der Waals surface area contributed by atoms with Crippen molar-refractivity contribution >= 4 is 34.8 Å². The van der Waals surface area contributed by atoms with Crippen LogP contribution >= 0.6 is 23.2 Å². The van der Waals surface area contributed by atoms with E-state index in [-0.39, 0.29) is 21.9 Å². The van der Waals surface area contributed by atoms with Gasteiger partial charge in [0.2, 0.25) is 0 Å². The highest BCUT2D eigenvalue weighted by Gasteiger charge is 2.19. The first-order chi connectivity index (χ1) is 9.81. The lowest BCUT2D eigenvalue weighted by atomic mass is 10.2. The number of nitrogens with one attached hydrogen (secondary N) is 1. The molecule has 2 aromatic heterocycles. The molecule has 0 bridgehead atoms. The van der Waals surface area contributed by atoms with E-state index in [1.807, 2.05) is 32.4 Å². The Bertz CT molecular complexity index is 696. The van der Waals surface area contributed by atoms with Gasteiger partial charge in [-0.2, -0.15) is 5.10 Å². The van der Waals surface area contributed by atoms with Gasteiger partial charge in [0.1, 0.15) is 0 Å². The molecule has 0 saturated heterocycles. The van der Waals surface area contributed by atoms with Gasteiger partial charge < -0.3 is 5.32 Å². The lowest BCUT2D eigenvalue weighted by molar-refractivity contribution is 0.102. The summed E-state index contributed by atoms with van der Waals surface area (Å²) in [4.78, 5) is 12.3. The zero-order valence-electron chi connectivity index (χ0n) is 12.1. The third kappa shape index (κ3) is 3.16. The van der Waals surface area contributed by atoms with Crippen LogP contribution in [0.1, 0.15) is 41.6 Å². The molecule has 2 aromatic rings. The molecule has 0 spiro atoms. The molecule has 1 amide bonds. The predicted molar refractivity (Wildman–Crippen MR) is 82.1 cm³/mol. The minimum atomic E-state index is -0.397. The molecular weight excluding hydrogens is 313 g/mol. The van der Waals surface area contributed by atoms with Crippen LogP contribution in [0.4, 0.5) is 5.69 Å². The fourth-order valence-electron chi connectivity index (χ4n) is 2.04. The van der Waals surface area contributed by atoms with Crippen molar-refractivity contribution in [3.05, 3.63) is 33.3 Å². The normalized spacial score (nSPS) is 11.0. The highest BCUT2D eigenvalue weighted by molar-refractivity contribution is 6.34.